The molecule has 37 heavy (non-hydrogen) atoms. The number of nitrogens with one attached hydrogen (secondary N) is 1. The zero-order valence-electron chi connectivity index (χ0n) is 21.3. The van der Waals surface area contributed by atoms with Crippen molar-refractivity contribution in [3.63, 3.8) is 0 Å². The van der Waals surface area contributed by atoms with Crippen molar-refractivity contribution in [1.82, 2.24) is 15.1 Å². The Morgan fingerprint density at radius 3 is 2.62 bits per heavy atom. The lowest BCUT2D eigenvalue weighted by Gasteiger charge is -2.19. The normalized spacial score (nSPS) is 17.1. The molecule has 0 spiro atoms. The molecular formula is C29H29N3O5. The molecule has 0 radical (unpaired) electrons. The number of cyclic esters (lactones) is 1. The fourth-order valence-electron chi connectivity index (χ4n) is 4.72. The number of hydrogen-bond donors (Lipinski definition) is 1. The highest BCUT2D eigenvalue weighted by molar-refractivity contribution is 6.02. The zero-order chi connectivity index (χ0) is 26.2. The van der Waals surface area contributed by atoms with E-state index in [0.29, 0.717) is 5.75 Å². The minimum Gasteiger partial charge on any atom is -0.497 e. The second-order valence-corrected chi connectivity index (χ2v) is 9.43. The van der Waals surface area contributed by atoms with Crippen LogP contribution in [0, 0.1) is 0 Å². The number of benzene rings is 3. The van der Waals surface area contributed by atoms with Crippen molar-refractivity contribution in [3.05, 3.63) is 71.8 Å². The van der Waals surface area contributed by atoms with Gasteiger partial charge in [-0.15, -0.1) is 0 Å². The summed E-state index contributed by atoms with van der Waals surface area (Å²) < 4.78 is 18.8. The predicted molar refractivity (Wildman–Crippen MR) is 140 cm³/mol. The number of hydrogen-bond acceptors (Lipinski definition) is 6. The summed E-state index contributed by atoms with van der Waals surface area (Å²) in [4.78, 5) is 23.7. The quantitative estimate of drug-likeness (QED) is 0.341. The Morgan fingerprint density at radius 2 is 1.89 bits per heavy atom. The van der Waals surface area contributed by atoms with Crippen LogP contribution in [0.4, 0.5) is 4.79 Å². The van der Waals surface area contributed by atoms with E-state index in [2.05, 4.69) is 18.3 Å². The van der Waals surface area contributed by atoms with Crippen LogP contribution in [0.15, 0.2) is 60.7 Å². The molecule has 1 aliphatic rings. The average molecular weight is 500 g/mol. The molecule has 0 bridgehead atoms. The van der Waals surface area contributed by atoms with E-state index in [-0.39, 0.29) is 6.42 Å². The molecule has 3 aromatic carbocycles. The predicted octanol–water partition coefficient (Wildman–Crippen LogP) is 5.56. The first-order valence-electron chi connectivity index (χ1n) is 12.2. The monoisotopic (exact) mass is 499 g/mol. The maximum Gasteiger partial charge on any atom is 0.415 e. The lowest BCUT2D eigenvalue weighted by Crippen LogP contribution is -2.38. The fraction of sp³-hybridized carbons (Fsp3) is 0.276. The summed E-state index contributed by atoms with van der Waals surface area (Å²) in [5, 5.41) is 8.03. The van der Waals surface area contributed by atoms with E-state index >= 15 is 0 Å². The van der Waals surface area contributed by atoms with Crippen molar-refractivity contribution in [1.29, 1.82) is 0 Å². The van der Waals surface area contributed by atoms with Gasteiger partial charge in [-0.2, -0.15) is 5.10 Å². The smallest absolute Gasteiger partial charge is 0.415 e. The summed E-state index contributed by atoms with van der Waals surface area (Å²) in [5.74, 6) is 1.76. The number of imide groups is 1. The van der Waals surface area contributed by atoms with Crippen LogP contribution >= 0.6 is 0 Å². The molecule has 8 heteroatoms. The Balaban J connectivity index is 1.43. The Hall–Kier alpha value is -4.33. The lowest BCUT2D eigenvalue weighted by atomic mass is 9.96. The molecule has 1 N–H and O–H groups in total. The van der Waals surface area contributed by atoms with Crippen molar-refractivity contribution in [2.24, 2.45) is 7.05 Å². The van der Waals surface area contributed by atoms with Gasteiger partial charge >= 0.3 is 6.09 Å². The molecule has 2 amide bonds. The number of ether oxygens (including phenoxy) is 3. The molecular weight excluding hydrogens is 470 g/mol. The van der Waals surface area contributed by atoms with Gasteiger partial charge in [0.05, 0.1) is 12.6 Å². The van der Waals surface area contributed by atoms with E-state index in [1.165, 1.54) is 0 Å². The first kappa shape index (κ1) is 24.4. The van der Waals surface area contributed by atoms with Gasteiger partial charge in [0.2, 0.25) is 0 Å². The minimum atomic E-state index is -1.24. The minimum absolute atomic E-state index is 0.250. The third-order valence-electron chi connectivity index (χ3n) is 6.59. The number of aryl methyl sites for hydroxylation is 2. The SMILES string of the molecule is CCCc1cc(-c2nn(C)c3cc(OC)ccc23)ccc1Oc1cccc(C[C@@]2(C)OC(=O)NC2=O)c1. The first-order chi connectivity index (χ1) is 17.8. The van der Waals surface area contributed by atoms with Crippen LogP contribution in [0.1, 0.15) is 31.4 Å². The molecule has 2 heterocycles. The number of carbonyl (C=O) groups excluding carboxylic acids is 2. The Labute approximate surface area is 215 Å². The van der Waals surface area contributed by atoms with Crippen molar-refractivity contribution in [3.8, 4) is 28.5 Å². The molecule has 0 saturated carbocycles. The third-order valence-corrected chi connectivity index (χ3v) is 6.59. The van der Waals surface area contributed by atoms with Gasteiger partial charge in [0.25, 0.3) is 5.91 Å². The van der Waals surface area contributed by atoms with Crippen molar-refractivity contribution in [2.45, 2.75) is 38.7 Å². The summed E-state index contributed by atoms with van der Waals surface area (Å²) >= 11 is 0. The number of rotatable bonds is 8. The van der Waals surface area contributed by atoms with E-state index in [1.54, 1.807) is 14.0 Å². The van der Waals surface area contributed by atoms with Crippen LogP contribution in [-0.2, 0) is 29.4 Å². The average Bonchev–Trinajstić information content (AvgIpc) is 3.34. The van der Waals surface area contributed by atoms with Crippen molar-refractivity contribution in [2.75, 3.05) is 7.11 Å². The van der Waals surface area contributed by atoms with Gasteiger partial charge in [-0.05, 0) is 66.9 Å². The van der Waals surface area contributed by atoms with Crippen LogP contribution in [0.5, 0.6) is 17.2 Å². The van der Waals surface area contributed by atoms with Crippen LogP contribution in [-0.4, -0.2) is 34.5 Å². The number of nitrogens with zero attached hydrogens (tertiary/aromatic N) is 2. The van der Waals surface area contributed by atoms with Gasteiger partial charge in [-0.3, -0.25) is 14.8 Å². The van der Waals surface area contributed by atoms with Crippen molar-refractivity contribution >= 4 is 22.9 Å². The zero-order valence-corrected chi connectivity index (χ0v) is 21.3. The molecule has 190 valence electrons. The number of fused-ring (bicyclic) bond motifs is 1. The maximum atomic E-state index is 12.2. The topological polar surface area (TPSA) is 91.7 Å². The number of amides is 2. The molecule has 1 aromatic heterocycles. The highest BCUT2D eigenvalue weighted by Crippen LogP contribution is 2.35. The number of aromatic nitrogens is 2. The van der Waals surface area contributed by atoms with Crippen molar-refractivity contribution < 1.29 is 23.8 Å². The van der Waals surface area contributed by atoms with Gasteiger partial charge in [0.1, 0.15) is 22.9 Å². The standard InChI is InChI=1S/C29H29N3O5/c1-5-7-19-15-20(26-23-12-11-21(35-4)16-24(23)32(3)31-26)10-13-25(19)36-22-9-6-8-18(14-22)17-29(2)27(33)30-28(34)37-29/h6,8-16H,5,7,17H2,1-4H3,(H,30,33,34)/t29-/m1/s1. The highest BCUT2D eigenvalue weighted by atomic mass is 16.6. The van der Waals surface area contributed by atoms with E-state index in [9.17, 15) is 9.59 Å². The second kappa shape index (κ2) is 9.61. The van der Waals surface area contributed by atoms with E-state index in [1.807, 2.05) is 66.3 Å². The van der Waals surface area contributed by atoms with Gasteiger partial charge in [0.15, 0.2) is 5.60 Å². The second-order valence-electron chi connectivity index (χ2n) is 9.43. The third kappa shape index (κ3) is 4.74. The molecule has 0 unspecified atom stereocenters. The Morgan fingerprint density at radius 1 is 1.05 bits per heavy atom. The first-order valence-corrected chi connectivity index (χ1v) is 12.2. The summed E-state index contributed by atoms with van der Waals surface area (Å²) in [6, 6.07) is 19.6. The number of methoxy groups -OCH3 is 1. The van der Waals surface area contributed by atoms with Crippen LogP contribution in [0.25, 0.3) is 22.2 Å². The van der Waals surface area contributed by atoms with Gasteiger partial charge in [-0.1, -0.05) is 25.5 Å². The number of carbonyl (C=O) groups is 2. The summed E-state index contributed by atoms with van der Waals surface area (Å²) in [5.41, 5.74) is 3.59. The summed E-state index contributed by atoms with van der Waals surface area (Å²) in [7, 11) is 3.59. The molecule has 1 aliphatic heterocycles. The summed E-state index contributed by atoms with van der Waals surface area (Å²) in [6.45, 7) is 3.74. The fourth-order valence-corrected chi connectivity index (χ4v) is 4.72. The Bertz CT molecular complexity index is 1510. The lowest BCUT2D eigenvalue weighted by molar-refractivity contribution is -0.129. The van der Waals surface area contributed by atoms with Gasteiger partial charge < -0.3 is 14.2 Å². The molecule has 1 fully saturated rings. The van der Waals surface area contributed by atoms with E-state index in [4.69, 9.17) is 19.3 Å². The van der Waals surface area contributed by atoms with Crippen LogP contribution in [0.3, 0.4) is 0 Å². The largest absolute Gasteiger partial charge is 0.497 e. The molecule has 4 aromatic rings. The van der Waals surface area contributed by atoms with Gasteiger partial charge in [-0.25, -0.2) is 4.79 Å². The van der Waals surface area contributed by atoms with Crippen LogP contribution in [0.2, 0.25) is 0 Å². The summed E-state index contributed by atoms with van der Waals surface area (Å²) in [6.07, 6.45) is 1.33. The molecule has 1 saturated heterocycles. The molecule has 0 aliphatic carbocycles. The molecule has 1 atom stereocenters. The van der Waals surface area contributed by atoms with Gasteiger partial charge in [0, 0.05) is 30.5 Å². The van der Waals surface area contributed by atoms with Crippen LogP contribution < -0.4 is 14.8 Å². The number of alkyl carbamates (subject to hydrolysis) is 1. The molecule has 8 nitrogen and oxygen atoms in total. The molecule has 5 rings (SSSR count). The highest BCUT2D eigenvalue weighted by Gasteiger charge is 2.44. The Kier molecular flexibility index (Phi) is 6.33. The maximum absolute atomic E-state index is 12.2. The van der Waals surface area contributed by atoms with E-state index < -0.39 is 17.6 Å². The van der Waals surface area contributed by atoms with E-state index in [0.717, 1.165) is 57.6 Å².